The van der Waals surface area contributed by atoms with E-state index in [0.29, 0.717) is 5.82 Å². The predicted molar refractivity (Wildman–Crippen MR) is 79.1 cm³/mol. The lowest BCUT2D eigenvalue weighted by atomic mass is 10.3. The summed E-state index contributed by atoms with van der Waals surface area (Å²) < 4.78 is 7.24. The molecule has 0 fully saturated rings. The normalized spacial score (nSPS) is 11.0. The third-order valence-corrected chi connectivity index (χ3v) is 2.88. The topological polar surface area (TPSA) is 42.8 Å². The molecule has 0 spiro atoms. The minimum atomic E-state index is 0.704. The Bertz CT molecular complexity index is 724. The summed E-state index contributed by atoms with van der Waals surface area (Å²) in [5.41, 5.74) is 1.70. The molecule has 0 N–H and O–H groups in total. The monoisotopic (exact) mass is 263 g/mol. The van der Waals surface area contributed by atoms with E-state index < -0.39 is 0 Å². The Balaban J connectivity index is 1.95. The fourth-order valence-corrected chi connectivity index (χ4v) is 1.94. The second-order valence-electron chi connectivity index (χ2n) is 4.14. The Labute approximate surface area is 116 Å². The molecule has 0 atom stereocenters. The first kappa shape index (κ1) is 12.2. The third-order valence-electron chi connectivity index (χ3n) is 2.88. The van der Waals surface area contributed by atoms with Crippen LogP contribution in [0.1, 0.15) is 0 Å². The molecule has 0 saturated heterocycles. The van der Waals surface area contributed by atoms with Crippen LogP contribution < -0.4 is 0 Å². The Hall–Kier alpha value is -2.88. The van der Waals surface area contributed by atoms with Gasteiger partial charge < -0.3 is 4.42 Å². The highest BCUT2D eigenvalue weighted by Crippen LogP contribution is 2.28. The molecule has 2 aromatic heterocycles. The lowest BCUT2D eigenvalue weighted by Gasteiger charge is -2.02. The van der Waals surface area contributed by atoms with Crippen LogP contribution in [0.3, 0.4) is 0 Å². The van der Waals surface area contributed by atoms with Gasteiger partial charge >= 0.3 is 0 Å². The number of benzene rings is 1. The van der Waals surface area contributed by atoms with Gasteiger partial charge in [-0.1, -0.05) is 24.8 Å². The van der Waals surface area contributed by atoms with Crippen LogP contribution in [-0.2, 0) is 0 Å². The minimum Gasteiger partial charge on any atom is -0.463 e. The standard InChI is InChI=1S/C16H13N3O/c1-2-19-14(15-9-6-12-20-15)10-11-16(19)18-17-13-7-4-3-5-8-13/h2-12H,1H2. The van der Waals surface area contributed by atoms with Crippen molar-refractivity contribution >= 4 is 17.7 Å². The summed E-state index contributed by atoms with van der Waals surface area (Å²) in [4.78, 5) is 0. The first-order valence-electron chi connectivity index (χ1n) is 6.23. The highest BCUT2D eigenvalue weighted by molar-refractivity contribution is 5.62. The summed E-state index contributed by atoms with van der Waals surface area (Å²) in [6.45, 7) is 3.81. The van der Waals surface area contributed by atoms with Gasteiger partial charge in [0.2, 0.25) is 0 Å². The molecule has 0 aliphatic rings. The quantitative estimate of drug-likeness (QED) is 0.592. The minimum absolute atomic E-state index is 0.704. The number of azo groups is 1. The van der Waals surface area contributed by atoms with Crippen LogP contribution in [0.25, 0.3) is 17.7 Å². The fraction of sp³-hybridized carbons (Fsp3) is 0. The van der Waals surface area contributed by atoms with Crippen molar-refractivity contribution in [3.63, 3.8) is 0 Å². The summed E-state index contributed by atoms with van der Waals surface area (Å²) in [5, 5.41) is 8.46. The molecule has 0 unspecified atom stereocenters. The van der Waals surface area contributed by atoms with E-state index in [0.717, 1.165) is 17.1 Å². The van der Waals surface area contributed by atoms with Crippen molar-refractivity contribution in [3.05, 3.63) is 67.4 Å². The zero-order chi connectivity index (χ0) is 13.8. The molecule has 3 rings (SSSR count). The number of furan rings is 1. The number of hydrogen-bond donors (Lipinski definition) is 0. The predicted octanol–water partition coefficient (Wildman–Crippen LogP) is 5.26. The van der Waals surface area contributed by atoms with Gasteiger partial charge in [0.25, 0.3) is 0 Å². The summed E-state index contributed by atoms with van der Waals surface area (Å²) in [7, 11) is 0. The van der Waals surface area contributed by atoms with Crippen LogP contribution in [0.15, 0.2) is 82.1 Å². The van der Waals surface area contributed by atoms with Gasteiger partial charge in [0.1, 0.15) is 0 Å². The van der Waals surface area contributed by atoms with Gasteiger partial charge in [-0.25, -0.2) is 0 Å². The molecule has 4 nitrogen and oxygen atoms in total. The molecule has 0 amide bonds. The maximum atomic E-state index is 5.40. The molecule has 2 heterocycles. The van der Waals surface area contributed by atoms with E-state index in [1.54, 1.807) is 12.5 Å². The summed E-state index contributed by atoms with van der Waals surface area (Å²) in [5.74, 6) is 1.47. The summed E-state index contributed by atoms with van der Waals surface area (Å²) in [6, 6.07) is 17.2. The van der Waals surface area contributed by atoms with Gasteiger partial charge in [-0.3, -0.25) is 4.57 Å². The number of rotatable bonds is 4. The van der Waals surface area contributed by atoms with Crippen molar-refractivity contribution in [2.75, 3.05) is 0 Å². The molecular weight excluding hydrogens is 250 g/mol. The summed E-state index contributed by atoms with van der Waals surface area (Å²) in [6.07, 6.45) is 3.33. The molecule has 1 aromatic carbocycles. The largest absolute Gasteiger partial charge is 0.463 e. The first-order chi connectivity index (χ1) is 9.88. The van der Waals surface area contributed by atoms with Gasteiger partial charge in [-0.15, -0.1) is 10.2 Å². The smallest absolute Gasteiger partial charge is 0.159 e. The molecule has 3 aromatic rings. The molecular formula is C16H13N3O. The van der Waals surface area contributed by atoms with Gasteiger partial charge in [-0.2, -0.15) is 0 Å². The van der Waals surface area contributed by atoms with Gasteiger partial charge in [-0.05, 0) is 36.4 Å². The fourth-order valence-electron chi connectivity index (χ4n) is 1.94. The van der Waals surface area contributed by atoms with E-state index in [9.17, 15) is 0 Å². The first-order valence-corrected chi connectivity index (χ1v) is 6.23. The van der Waals surface area contributed by atoms with Crippen LogP contribution in [0.2, 0.25) is 0 Å². The highest BCUT2D eigenvalue weighted by Gasteiger charge is 2.09. The maximum absolute atomic E-state index is 5.40. The maximum Gasteiger partial charge on any atom is 0.159 e. The number of aromatic nitrogens is 1. The Morgan fingerprint density at radius 3 is 2.50 bits per heavy atom. The molecule has 0 radical (unpaired) electrons. The molecule has 20 heavy (non-hydrogen) atoms. The number of hydrogen-bond acceptors (Lipinski definition) is 3. The van der Waals surface area contributed by atoms with Crippen molar-refractivity contribution in [2.45, 2.75) is 0 Å². The lowest BCUT2D eigenvalue weighted by molar-refractivity contribution is 0.579. The van der Waals surface area contributed by atoms with Crippen LogP contribution in [-0.4, -0.2) is 4.57 Å². The average Bonchev–Trinajstić information content (AvgIpc) is 3.14. The second kappa shape index (κ2) is 5.40. The third kappa shape index (κ3) is 2.31. The van der Waals surface area contributed by atoms with Crippen molar-refractivity contribution in [2.24, 2.45) is 10.2 Å². The van der Waals surface area contributed by atoms with E-state index >= 15 is 0 Å². The molecule has 0 bridgehead atoms. The summed E-state index contributed by atoms with van der Waals surface area (Å²) >= 11 is 0. The zero-order valence-corrected chi connectivity index (χ0v) is 10.8. The van der Waals surface area contributed by atoms with Gasteiger partial charge in [0, 0.05) is 6.20 Å². The molecule has 0 aliphatic carbocycles. The van der Waals surface area contributed by atoms with E-state index in [4.69, 9.17) is 4.42 Å². The molecule has 0 saturated carbocycles. The van der Waals surface area contributed by atoms with E-state index in [2.05, 4.69) is 16.8 Å². The highest BCUT2D eigenvalue weighted by atomic mass is 16.3. The van der Waals surface area contributed by atoms with Crippen molar-refractivity contribution < 1.29 is 4.42 Å². The van der Waals surface area contributed by atoms with Crippen LogP contribution in [0.4, 0.5) is 11.5 Å². The Morgan fingerprint density at radius 2 is 1.80 bits per heavy atom. The SMILES string of the molecule is C=Cn1c(N=Nc2ccccc2)ccc1-c1ccco1. The molecule has 98 valence electrons. The Kier molecular flexibility index (Phi) is 3.29. The van der Waals surface area contributed by atoms with E-state index in [1.165, 1.54) is 0 Å². The van der Waals surface area contributed by atoms with Crippen LogP contribution in [0, 0.1) is 0 Å². The zero-order valence-electron chi connectivity index (χ0n) is 10.8. The van der Waals surface area contributed by atoms with Crippen LogP contribution in [0.5, 0.6) is 0 Å². The van der Waals surface area contributed by atoms with Gasteiger partial charge in [0.05, 0.1) is 17.6 Å². The van der Waals surface area contributed by atoms with E-state index in [1.807, 2.05) is 59.2 Å². The molecule has 4 heteroatoms. The van der Waals surface area contributed by atoms with Crippen molar-refractivity contribution in [1.82, 2.24) is 4.57 Å². The van der Waals surface area contributed by atoms with Crippen molar-refractivity contribution in [1.29, 1.82) is 0 Å². The lowest BCUT2D eigenvalue weighted by Crippen LogP contribution is -1.87. The Morgan fingerprint density at radius 1 is 0.950 bits per heavy atom. The average molecular weight is 263 g/mol. The second-order valence-corrected chi connectivity index (χ2v) is 4.14. The number of nitrogens with zero attached hydrogens (tertiary/aromatic N) is 3. The van der Waals surface area contributed by atoms with Gasteiger partial charge in [0.15, 0.2) is 11.6 Å². The molecule has 0 aliphatic heterocycles. The van der Waals surface area contributed by atoms with Crippen LogP contribution >= 0.6 is 0 Å². The van der Waals surface area contributed by atoms with Crippen molar-refractivity contribution in [3.8, 4) is 11.5 Å². The van der Waals surface area contributed by atoms with E-state index in [-0.39, 0.29) is 0 Å².